The minimum atomic E-state index is -0.661. The normalized spacial score (nSPS) is 20.4. The Morgan fingerprint density at radius 1 is 0.923 bits per heavy atom. The first-order chi connectivity index (χ1) is 18.2. The number of nitro benzene ring substituents is 1. The van der Waals surface area contributed by atoms with Crippen LogP contribution in [0.15, 0.2) is 58.9 Å². The summed E-state index contributed by atoms with van der Waals surface area (Å²) in [6.45, 7) is 8.36. The van der Waals surface area contributed by atoms with Crippen molar-refractivity contribution in [1.29, 1.82) is 0 Å². The van der Waals surface area contributed by atoms with Crippen LogP contribution in [0.5, 0.6) is 5.75 Å². The molecule has 7 nitrogen and oxygen atoms in total. The Hall–Kier alpha value is -3.16. The fraction of sp³-hybridized carbons (Fsp3) is 0.400. The molecule has 0 saturated carbocycles. The molecule has 0 saturated heterocycles. The highest BCUT2D eigenvalue weighted by Gasteiger charge is 2.47. The highest BCUT2D eigenvalue weighted by molar-refractivity contribution is 6.35. The number of non-ortho nitro benzene ring substituents is 1. The number of hydrogen-bond acceptors (Lipinski definition) is 6. The lowest BCUT2D eigenvalue weighted by molar-refractivity contribution is -0.384. The second kappa shape index (κ2) is 9.79. The molecule has 0 amide bonds. The van der Waals surface area contributed by atoms with Gasteiger partial charge in [-0.25, -0.2) is 0 Å². The first-order valence-electron chi connectivity index (χ1n) is 12.9. The number of Topliss-reactive ketones (excluding diaryl/α,β-unsaturated/α-hetero) is 2. The number of hydrogen-bond donors (Lipinski definition) is 1. The number of nitro groups is 1. The molecule has 39 heavy (non-hydrogen) atoms. The maximum absolute atomic E-state index is 13.7. The van der Waals surface area contributed by atoms with Gasteiger partial charge in [-0.3, -0.25) is 19.7 Å². The molecule has 0 aromatic heterocycles. The molecular formula is C30H30Cl2N2O5. The maximum atomic E-state index is 13.7. The van der Waals surface area contributed by atoms with Crippen LogP contribution in [0.2, 0.25) is 10.0 Å². The van der Waals surface area contributed by atoms with Gasteiger partial charge in [0.25, 0.3) is 5.69 Å². The number of allylic oxidation sites excluding steroid dienone is 4. The molecule has 2 aromatic carbocycles. The minimum Gasteiger partial charge on any atom is -0.487 e. The summed E-state index contributed by atoms with van der Waals surface area (Å²) in [5, 5.41) is 15.2. The molecule has 0 spiro atoms. The smallest absolute Gasteiger partial charge is 0.269 e. The van der Waals surface area contributed by atoms with Crippen molar-refractivity contribution >= 4 is 40.5 Å². The summed E-state index contributed by atoms with van der Waals surface area (Å²) >= 11 is 13.2. The number of rotatable bonds is 5. The third kappa shape index (κ3) is 5.35. The molecule has 0 unspecified atom stereocenters. The lowest BCUT2D eigenvalue weighted by atomic mass is 9.64. The SMILES string of the molecule is CC1(C)CC(=O)C2=C(C1)NC1=C(C(=O)CC(C)(C)C1)C2c1cc(Cl)cc(Cl)c1OCc1ccc([N+](=O)[O-])cc1. The van der Waals surface area contributed by atoms with E-state index in [1.165, 1.54) is 12.1 Å². The lowest BCUT2D eigenvalue weighted by Gasteiger charge is -2.44. The van der Waals surface area contributed by atoms with Crippen LogP contribution in [0.4, 0.5) is 5.69 Å². The summed E-state index contributed by atoms with van der Waals surface area (Å²) in [5.41, 5.74) is 3.62. The molecule has 1 N–H and O–H groups in total. The Kier molecular flexibility index (Phi) is 6.88. The van der Waals surface area contributed by atoms with E-state index >= 15 is 0 Å². The third-order valence-corrected chi connectivity index (χ3v) is 8.10. The number of ether oxygens (including phenoxy) is 1. The van der Waals surface area contributed by atoms with Crippen LogP contribution in [-0.2, 0) is 16.2 Å². The van der Waals surface area contributed by atoms with Crippen molar-refractivity contribution in [1.82, 2.24) is 5.32 Å². The zero-order chi connectivity index (χ0) is 28.3. The molecule has 0 radical (unpaired) electrons. The van der Waals surface area contributed by atoms with E-state index < -0.39 is 10.8 Å². The fourth-order valence-corrected chi connectivity index (χ4v) is 6.58. The predicted octanol–water partition coefficient (Wildman–Crippen LogP) is 7.45. The Balaban J connectivity index is 1.63. The first-order valence-corrected chi connectivity index (χ1v) is 13.6. The molecular weight excluding hydrogens is 539 g/mol. The summed E-state index contributed by atoms with van der Waals surface area (Å²) in [5.74, 6) is -0.354. The topological polar surface area (TPSA) is 98.5 Å². The van der Waals surface area contributed by atoms with Crippen LogP contribution in [0.3, 0.4) is 0 Å². The number of halogens is 2. The van der Waals surface area contributed by atoms with Crippen molar-refractivity contribution in [2.75, 3.05) is 0 Å². The summed E-state index contributed by atoms with van der Waals surface area (Å²) in [6, 6.07) is 9.36. The van der Waals surface area contributed by atoms with Gasteiger partial charge in [0.1, 0.15) is 12.4 Å². The van der Waals surface area contributed by atoms with Gasteiger partial charge in [0.2, 0.25) is 0 Å². The molecule has 2 aliphatic carbocycles. The molecule has 1 aliphatic heterocycles. The quantitative estimate of drug-likeness (QED) is 0.297. The van der Waals surface area contributed by atoms with Crippen LogP contribution in [0.1, 0.15) is 70.4 Å². The number of carbonyl (C=O) groups excluding carboxylic acids is 2. The van der Waals surface area contributed by atoms with Crippen molar-refractivity contribution in [2.45, 2.75) is 65.9 Å². The molecule has 0 atom stereocenters. The summed E-state index contributed by atoms with van der Waals surface area (Å²) < 4.78 is 6.23. The first kappa shape index (κ1) is 27.4. The number of ketones is 2. The molecule has 9 heteroatoms. The number of nitrogens with one attached hydrogen (secondary N) is 1. The average molecular weight is 569 g/mol. The molecule has 1 heterocycles. The van der Waals surface area contributed by atoms with E-state index in [2.05, 4.69) is 33.0 Å². The van der Waals surface area contributed by atoms with E-state index in [4.69, 9.17) is 27.9 Å². The number of dihydropyridines is 1. The zero-order valence-corrected chi connectivity index (χ0v) is 23.8. The van der Waals surface area contributed by atoms with Crippen molar-refractivity contribution in [3.05, 3.63) is 90.2 Å². The largest absolute Gasteiger partial charge is 0.487 e. The maximum Gasteiger partial charge on any atom is 0.269 e. The van der Waals surface area contributed by atoms with E-state index in [1.807, 2.05) is 0 Å². The minimum absolute atomic E-state index is 0.0136. The van der Waals surface area contributed by atoms with E-state index in [1.54, 1.807) is 24.3 Å². The monoisotopic (exact) mass is 568 g/mol. The second-order valence-electron chi connectivity index (χ2n) is 12.2. The van der Waals surface area contributed by atoms with Gasteiger partial charge in [-0.15, -0.1) is 0 Å². The highest BCUT2D eigenvalue weighted by Crippen LogP contribution is 2.53. The average Bonchev–Trinajstić information content (AvgIpc) is 2.80. The van der Waals surface area contributed by atoms with Crippen LogP contribution in [0.25, 0.3) is 0 Å². The highest BCUT2D eigenvalue weighted by atomic mass is 35.5. The Morgan fingerprint density at radius 3 is 1.97 bits per heavy atom. The van der Waals surface area contributed by atoms with Gasteiger partial charge < -0.3 is 10.1 Å². The van der Waals surface area contributed by atoms with E-state index in [9.17, 15) is 19.7 Å². The Labute approximate surface area is 237 Å². The molecule has 2 aromatic rings. The number of nitrogens with zero attached hydrogens (tertiary/aromatic N) is 1. The third-order valence-electron chi connectivity index (χ3n) is 7.60. The Morgan fingerprint density at radius 2 is 1.46 bits per heavy atom. The van der Waals surface area contributed by atoms with Gasteiger partial charge in [0.05, 0.1) is 9.95 Å². The van der Waals surface area contributed by atoms with Crippen LogP contribution in [0, 0.1) is 20.9 Å². The molecule has 0 bridgehead atoms. The Bertz CT molecular complexity index is 1420. The number of carbonyl (C=O) groups is 2. The van der Waals surface area contributed by atoms with Crippen molar-refractivity contribution in [2.24, 2.45) is 10.8 Å². The van der Waals surface area contributed by atoms with E-state index in [-0.39, 0.29) is 39.7 Å². The van der Waals surface area contributed by atoms with Crippen molar-refractivity contribution in [3.8, 4) is 5.75 Å². The molecule has 0 fully saturated rings. The van der Waals surface area contributed by atoms with E-state index in [0.29, 0.717) is 58.7 Å². The molecule has 3 aliphatic rings. The second-order valence-corrected chi connectivity index (χ2v) is 13.1. The van der Waals surface area contributed by atoms with Gasteiger partial charge in [-0.1, -0.05) is 50.9 Å². The van der Waals surface area contributed by atoms with Gasteiger partial charge in [-0.2, -0.15) is 0 Å². The van der Waals surface area contributed by atoms with E-state index in [0.717, 1.165) is 11.4 Å². The summed E-state index contributed by atoms with van der Waals surface area (Å²) in [7, 11) is 0. The van der Waals surface area contributed by atoms with Crippen LogP contribution < -0.4 is 10.1 Å². The zero-order valence-electron chi connectivity index (χ0n) is 22.3. The van der Waals surface area contributed by atoms with Gasteiger partial charge in [0, 0.05) is 64.0 Å². The fourth-order valence-electron chi connectivity index (χ4n) is 6.02. The van der Waals surface area contributed by atoms with Crippen LogP contribution in [-0.4, -0.2) is 16.5 Å². The lowest BCUT2D eigenvalue weighted by Crippen LogP contribution is -2.42. The van der Waals surface area contributed by atoms with Gasteiger partial charge in [0.15, 0.2) is 11.6 Å². The molecule has 204 valence electrons. The van der Waals surface area contributed by atoms with Crippen molar-refractivity contribution < 1.29 is 19.2 Å². The summed E-state index contributed by atoms with van der Waals surface area (Å²) in [4.78, 5) is 37.9. The van der Waals surface area contributed by atoms with Crippen molar-refractivity contribution in [3.63, 3.8) is 0 Å². The molecule has 5 rings (SSSR count). The standard InChI is InChI=1S/C30H30Cl2N2O5/c1-29(2)11-21-26(23(35)13-29)25(27-22(33-21)12-30(3,4)14-24(27)36)19-9-17(31)10-20(32)28(19)39-15-16-5-7-18(8-6-16)34(37)38/h5-10,25,33H,11-15H2,1-4H3. The predicted molar refractivity (Wildman–Crippen MR) is 150 cm³/mol. The number of benzene rings is 2. The van der Waals surface area contributed by atoms with Gasteiger partial charge in [-0.05, 0) is 53.5 Å². The van der Waals surface area contributed by atoms with Crippen LogP contribution >= 0.6 is 23.2 Å². The summed E-state index contributed by atoms with van der Waals surface area (Å²) in [6.07, 6.45) is 2.06. The van der Waals surface area contributed by atoms with Gasteiger partial charge >= 0.3 is 0 Å².